The fourth-order valence-electron chi connectivity index (χ4n) is 4.10. The summed E-state index contributed by atoms with van der Waals surface area (Å²) in [6.45, 7) is 0.713. The molecule has 1 unspecified atom stereocenters. The van der Waals surface area contributed by atoms with E-state index in [-0.39, 0.29) is 18.8 Å². The lowest BCUT2D eigenvalue weighted by atomic mass is 9.78. The number of imidazole rings is 1. The smallest absolute Gasteiger partial charge is 0.332 e. The minimum absolute atomic E-state index is 0.139. The van der Waals surface area contributed by atoms with Crippen molar-refractivity contribution in [2.75, 3.05) is 7.05 Å². The van der Waals surface area contributed by atoms with E-state index in [1.165, 1.54) is 24.5 Å². The molecule has 33 heavy (non-hydrogen) atoms. The molecule has 0 fully saturated rings. The van der Waals surface area contributed by atoms with E-state index < -0.39 is 11.6 Å². The van der Waals surface area contributed by atoms with Crippen molar-refractivity contribution in [1.29, 1.82) is 0 Å². The van der Waals surface area contributed by atoms with E-state index in [0.29, 0.717) is 18.8 Å². The van der Waals surface area contributed by atoms with Crippen LogP contribution in [0, 0.1) is 11.2 Å². The van der Waals surface area contributed by atoms with Gasteiger partial charge in [-0.15, -0.1) is 0 Å². The van der Waals surface area contributed by atoms with Crippen molar-refractivity contribution in [3.05, 3.63) is 108 Å². The number of halogens is 4. The van der Waals surface area contributed by atoms with Crippen LogP contribution in [0.2, 0.25) is 0 Å². The lowest BCUT2D eigenvalue weighted by Crippen LogP contribution is -2.41. The Labute approximate surface area is 190 Å². The molecule has 7 heteroatoms. The van der Waals surface area contributed by atoms with Crippen molar-refractivity contribution < 1.29 is 17.6 Å². The van der Waals surface area contributed by atoms with Crippen molar-refractivity contribution in [3.63, 3.8) is 0 Å². The highest BCUT2D eigenvalue weighted by Crippen LogP contribution is 2.47. The molecule has 0 saturated heterocycles. The molecule has 0 aliphatic heterocycles. The Bertz CT molecular complexity index is 1130. The second-order valence-electron chi connectivity index (χ2n) is 8.53. The quantitative estimate of drug-likeness (QED) is 0.393. The zero-order valence-corrected chi connectivity index (χ0v) is 18.3. The number of hydrogen-bond acceptors (Lipinski definition) is 2. The molecule has 0 N–H and O–H groups in total. The topological polar surface area (TPSA) is 21.1 Å². The molecule has 0 radical (unpaired) electrons. The van der Waals surface area contributed by atoms with Crippen LogP contribution in [0.1, 0.15) is 23.2 Å². The summed E-state index contributed by atoms with van der Waals surface area (Å²) in [6.07, 6.45) is 3.04. The fourth-order valence-corrected chi connectivity index (χ4v) is 4.10. The largest absolute Gasteiger partial charge is 0.399 e. The van der Waals surface area contributed by atoms with Crippen LogP contribution in [0.3, 0.4) is 0 Å². The van der Waals surface area contributed by atoms with Gasteiger partial charge < -0.3 is 4.57 Å². The highest BCUT2D eigenvalue weighted by atomic mass is 19.4. The maximum Gasteiger partial charge on any atom is 0.399 e. The van der Waals surface area contributed by atoms with Gasteiger partial charge in [0, 0.05) is 25.8 Å². The van der Waals surface area contributed by atoms with Crippen LogP contribution < -0.4 is 0 Å². The summed E-state index contributed by atoms with van der Waals surface area (Å²) in [4.78, 5) is 6.08. The van der Waals surface area contributed by atoms with Gasteiger partial charge in [0.1, 0.15) is 11.2 Å². The Morgan fingerprint density at radius 2 is 1.76 bits per heavy atom. The minimum atomic E-state index is -4.41. The van der Waals surface area contributed by atoms with Crippen LogP contribution in [0.5, 0.6) is 0 Å². The van der Waals surface area contributed by atoms with Crippen molar-refractivity contribution >= 4 is 5.57 Å². The van der Waals surface area contributed by atoms with Gasteiger partial charge >= 0.3 is 6.18 Å². The number of rotatable bonds is 7. The first-order valence-electron chi connectivity index (χ1n) is 10.7. The third-order valence-electron chi connectivity index (χ3n) is 5.99. The van der Waals surface area contributed by atoms with Crippen molar-refractivity contribution in [2.45, 2.75) is 32.2 Å². The summed E-state index contributed by atoms with van der Waals surface area (Å²) in [7, 11) is 1.87. The average Bonchev–Trinajstić information content (AvgIpc) is 3.22. The molecule has 0 spiro atoms. The maximum absolute atomic E-state index is 14.3. The van der Waals surface area contributed by atoms with Crippen molar-refractivity contribution in [2.24, 2.45) is 5.41 Å². The molecule has 0 saturated carbocycles. The number of benzene rings is 2. The average molecular weight is 455 g/mol. The summed E-state index contributed by atoms with van der Waals surface area (Å²) in [6, 6.07) is 15.6. The van der Waals surface area contributed by atoms with E-state index in [9.17, 15) is 17.6 Å². The molecular formula is C26H25F4N3. The second kappa shape index (κ2) is 9.35. The lowest BCUT2D eigenvalue weighted by Gasteiger charge is -2.35. The van der Waals surface area contributed by atoms with E-state index in [1.54, 1.807) is 35.0 Å². The van der Waals surface area contributed by atoms with E-state index in [2.05, 4.69) is 4.98 Å². The maximum atomic E-state index is 14.3. The number of alkyl halides is 3. The van der Waals surface area contributed by atoms with Gasteiger partial charge in [-0.1, -0.05) is 60.7 Å². The predicted molar refractivity (Wildman–Crippen MR) is 120 cm³/mol. The van der Waals surface area contributed by atoms with Crippen LogP contribution in [0.4, 0.5) is 17.6 Å². The van der Waals surface area contributed by atoms with Crippen LogP contribution in [-0.2, 0) is 19.6 Å². The SMILES string of the molecule is CN(Cc1ccc(F)cc1)Cc1cncn1CC1(C(F)(F)F)C=CC(c2ccccc2)=CC1. The van der Waals surface area contributed by atoms with Crippen LogP contribution in [-0.4, -0.2) is 27.7 Å². The molecule has 3 aromatic rings. The van der Waals surface area contributed by atoms with Gasteiger partial charge in [0.15, 0.2) is 0 Å². The first kappa shape index (κ1) is 23.0. The van der Waals surface area contributed by atoms with Crippen molar-refractivity contribution in [3.8, 4) is 0 Å². The molecule has 2 aromatic carbocycles. The minimum Gasteiger partial charge on any atom is -0.332 e. The van der Waals surface area contributed by atoms with Gasteiger partial charge in [-0.2, -0.15) is 13.2 Å². The molecule has 1 aliphatic carbocycles. The molecule has 1 aromatic heterocycles. The van der Waals surface area contributed by atoms with E-state index in [1.807, 2.05) is 42.3 Å². The molecule has 1 heterocycles. The normalized spacial score (nSPS) is 18.5. The van der Waals surface area contributed by atoms with E-state index in [0.717, 1.165) is 16.7 Å². The summed E-state index contributed by atoms with van der Waals surface area (Å²) in [5.74, 6) is -0.304. The highest BCUT2D eigenvalue weighted by Gasteiger charge is 2.53. The second-order valence-corrected chi connectivity index (χ2v) is 8.53. The fraction of sp³-hybridized carbons (Fsp3) is 0.269. The Kier molecular flexibility index (Phi) is 6.51. The Balaban J connectivity index is 1.50. The van der Waals surface area contributed by atoms with E-state index >= 15 is 0 Å². The standard InChI is InChI=1S/C26H25F4N3/c1-32(16-20-7-9-23(27)10-8-20)17-24-15-31-19-33(24)18-25(26(28,29)30)13-11-22(12-14-25)21-5-3-2-4-6-21/h2-13,15,19H,14,16-18H2,1H3. The molecule has 0 bridgehead atoms. The third kappa shape index (κ3) is 5.25. The Morgan fingerprint density at radius 1 is 1.03 bits per heavy atom. The Morgan fingerprint density at radius 3 is 2.39 bits per heavy atom. The van der Waals surface area contributed by atoms with Crippen LogP contribution >= 0.6 is 0 Å². The van der Waals surface area contributed by atoms with Crippen molar-refractivity contribution in [1.82, 2.24) is 14.5 Å². The Hall–Kier alpha value is -3.19. The molecule has 3 nitrogen and oxygen atoms in total. The number of hydrogen-bond donors (Lipinski definition) is 0. The van der Waals surface area contributed by atoms with Gasteiger partial charge in [0.25, 0.3) is 0 Å². The molecule has 172 valence electrons. The molecule has 1 aliphatic rings. The summed E-state index contributed by atoms with van der Waals surface area (Å²) >= 11 is 0. The van der Waals surface area contributed by atoms with Gasteiger partial charge in [-0.05, 0) is 42.3 Å². The van der Waals surface area contributed by atoms with Crippen LogP contribution in [0.15, 0.2) is 85.3 Å². The summed E-state index contributed by atoms with van der Waals surface area (Å²) < 4.78 is 57.5. The zero-order valence-electron chi connectivity index (χ0n) is 18.3. The molecule has 0 amide bonds. The monoisotopic (exact) mass is 455 g/mol. The lowest BCUT2D eigenvalue weighted by molar-refractivity contribution is -0.209. The van der Waals surface area contributed by atoms with Gasteiger partial charge in [0.05, 0.1) is 12.0 Å². The summed E-state index contributed by atoms with van der Waals surface area (Å²) in [5, 5.41) is 0. The zero-order chi connectivity index (χ0) is 23.5. The van der Waals surface area contributed by atoms with Gasteiger partial charge in [-0.3, -0.25) is 4.90 Å². The molecular weight excluding hydrogens is 430 g/mol. The highest BCUT2D eigenvalue weighted by molar-refractivity contribution is 5.75. The molecule has 4 rings (SSSR count). The first-order valence-corrected chi connectivity index (χ1v) is 10.7. The van der Waals surface area contributed by atoms with E-state index in [4.69, 9.17) is 0 Å². The number of aromatic nitrogens is 2. The number of allylic oxidation sites excluding steroid dienone is 4. The molecule has 1 atom stereocenters. The van der Waals surface area contributed by atoms with Crippen LogP contribution in [0.25, 0.3) is 5.57 Å². The third-order valence-corrected chi connectivity index (χ3v) is 5.99. The predicted octanol–water partition coefficient (Wildman–Crippen LogP) is 6.25. The first-order chi connectivity index (χ1) is 15.8. The summed E-state index contributed by atoms with van der Waals surface area (Å²) in [5.41, 5.74) is 1.30. The van der Waals surface area contributed by atoms with Gasteiger partial charge in [-0.25, -0.2) is 9.37 Å². The number of nitrogens with zero attached hydrogens (tertiary/aromatic N) is 3. The van der Waals surface area contributed by atoms with Gasteiger partial charge in [0.2, 0.25) is 0 Å².